The predicted octanol–water partition coefficient (Wildman–Crippen LogP) is 1.40. The number of aromatic nitrogens is 1. The molecular weight excluding hydrogens is 242 g/mol. The van der Waals surface area contributed by atoms with Crippen LogP contribution in [0.5, 0.6) is 0 Å². The molecule has 0 spiro atoms. The Kier molecular flexibility index (Phi) is 5.17. The van der Waals surface area contributed by atoms with Gasteiger partial charge in [-0.2, -0.15) is 11.8 Å². The monoisotopic (exact) mass is 257 g/mol. The minimum absolute atomic E-state index is 0.0772. The molecule has 0 atom stereocenters. The summed E-state index contributed by atoms with van der Waals surface area (Å²) in [6.45, 7) is 0.906. The van der Waals surface area contributed by atoms with Crippen molar-refractivity contribution in [2.45, 2.75) is 0 Å². The number of ketones is 1. The number of rotatable bonds is 7. The fourth-order valence-electron chi connectivity index (χ4n) is 1.14. The standard InChI is InChI=1S/C10H15N3O3S/c1-12(2)3-4-17-7-10(14)9-5-8(6-11-9)13(15)16/h5-6,11H,3-4,7H2,1-2H3. The summed E-state index contributed by atoms with van der Waals surface area (Å²) in [4.78, 5) is 26.2. The van der Waals surface area contributed by atoms with E-state index in [1.54, 1.807) is 0 Å². The van der Waals surface area contributed by atoms with Crippen LogP contribution in [0.25, 0.3) is 0 Å². The van der Waals surface area contributed by atoms with Crippen LogP contribution in [0.15, 0.2) is 12.3 Å². The molecule has 0 amide bonds. The van der Waals surface area contributed by atoms with Gasteiger partial charge in [0.15, 0.2) is 5.78 Å². The molecule has 1 aromatic heterocycles. The minimum Gasteiger partial charge on any atom is -0.353 e. The number of nitro groups is 1. The number of nitrogens with one attached hydrogen (secondary N) is 1. The van der Waals surface area contributed by atoms with E-state index in [4.69, 9.17) is 0 Å². The summed E-state index contributed by atoms with van der Waals surface area (Å²) in [5, 5.41) is 10.4. The zero-order valence-corrected chi connectivity index (χ0v) is 10.6. The molecule has 94 valence electrons. The van der Waals surface area contributed by atoms with Crippen LogP contribution in [-0.4, -0.2) is 52.7 Å². The van der Waals surface area contributed by atoms with Gasteiger partial charge in [0.1, 0.15) is 0 Å². The number of hydrogen-bond acceptors (Lipinski definition) is 5. The molecule has 1 heterocycles. The van der Waals surface area contributed by atoms with Gasteiger partial charge in [0.05, 0.1) is 22.6 Å². The summed E-state index contributed by atoms with van der Waals surface area (Å²) in [6, 6.07) is 1.27. The van der Waals surface area contributed by atoms with Gasteiger partial charge in [-0.25, -0.2) is 0 Å². The van der Waals surface area contributed by atoms with E-state index >= 15 is 0 Å². The van der Waals surface area contributed by atoms with Gasteiger partial charge in [-0.1, -0.05) is 0 Å². The van der Waals surface area contributed by atoms with Gasteiger partial charge in [-0.05, 0) is 14.1 Å². The number of carbonyl (C=O) groups excluding carboxylic acids is 1. The molecule has 0 aliphatic carbocycles. The first-order valence-corrected chi connectivity index (χ1v) is 6.24. The number of thioether (sulfide) groups is 1. The van der Waals surface area contributed by atoms with Crippen LogP contribution in [0, 0.1) is 10.1 Å². The second-order valence-corrected chi connectivity index (χ2v) is 4.91. The summed E-state index contributed by atoms with van der Waals surface area (Å²) >= 11 is 1.52. The van der Waals surface area contributed by atoms with E-state index in [1.165, 1.54) is 24.0 Å². The Labute approximate surface area is 104 Å². The molecule has 1 N–H and O–H groups in total. The fraction of sp³-hybridized carbons (Fsp3) is 0.500. The van der Waals surface area contributed by atoms with Crippen molar-refractivity contribution >= 4 is 23.2 Å². The SMILES string of the molecule is CN(C)CCSCC(=O)c1cc([N+](=O)[O-])c[nH]1. The van der Waals surface area contributed by atoms with Gasteiger partial charge in [0.25, 0.3) is 5.69 Å². The molecule has 1 rings (SSSR count). The van der Waals surface area contributed by atoms with Crippen LogP contribution < -0.4 is 0 Å². The summed E-state index contributed by atoms with van der Waals surface area (Å²) < 4.78 is 0. The Hall–Kier alpha value is -1.34. The Morgan fingerprint density at radius 3 is 2.82 bits per heavy atom. The average molecular weight is 257 g/mol. The molecule has 0 saturated heterocycles. The molecule has 7 heteroatoms. The molecule has 0 aliphatic heterocycles. The van der Waals surface area contributed by atoms with E-state index in [9.17, 15) is 14.9 Å². The van der Waals surface area contributed by atoms with Crippen molar-refractivity contribution in [1.29, 1.82) is 0 Å². The van der Waals surface area contributed by atoms with Crippen molar-refractivity contribution in [3.8, 4) is 0 Å². The number of aromatic amines is 1. The Morgan fingerprint density at radius 2 is 2.29 bits per heavy atom. The highest BCUT2D eigenvalue weighted by Crippen LogP contribution is 2.14. The quantitative estimate of drug-likeness (QED) is 0.346. The molecular formula is C10H15N3O3S. The summed E-state index contributed by atoms with van der Waals surface area (Å²) in [5.41, 5.74) is 0.223. The Bertz CT molecular complexity index is 403. The number of H-pyrrole nitrogens is 1. The number of carbonyl (C=O) groups is 1. The molecule has 1 aromatic rings. The van der Waals surface area contributed by atoms with Crippen LogP contribution in [0.2, 0.25) is 0 Å². The lowest BCUT2D eigenvalue weighted by molar-refractivity contribution is -0.384. The van der Waals surface area contributed by atoms with E-state index in [1.807, 2.05) is 19.0 Å². The molecule has 0 bridgehead atoms. The van der Waals surface area contributed by atoms with Crippen molar-refractivity contribution in [1.82, 2.24) is 9.88 Å². The highest BCUT2D eigenvalue weighted by atomic mass is 32.2. The van der Waals surface area contributed by atoms with E-state index < -0.39 is 4.92 Å². The van der Waals surface area contributed by atoms with Crippen molar-refractivity contribution < 1.29 is 9.72 Å². The van der Waals surface area contributed by atoms with Crippen LogP contribution in [0.4, 0.5) is 5.69 Å². The fourth-order valence-corrected chi connectivity index (χ4v) is 2.12. The third kappa shape index (κ3) is 4.58. The van der Waals surface area contributed by atoms with Crippen molar-refractivity contribution in [3.63, 3.8) is 0 Å². The van der Waals surface area contributed by atoms with Gasteiger partial charge >= 0.3 is 0 Å². The van der Waals surface area contributed by atoms with Crippen LogP contribution in [0.3, 0.4) is 0 Å². The van der Waals surface area contributed by atoms with Crippen molar-refractivity contribution in [2.24, 2.45) is 0 Å². The zero-order chi connectivity index (χ0) is 12.8. The molecule has 0 fully saturated rings. The molecule has 17 heavy (non-hydrogen) atoms. The molecule has 0 aliphatic rings. The summed E-state index contributed by atoms with van der Waals surface area (Å²) in [7, 11) is 3.94. The smallest absolute Gasteiger partial charge is 0.287 e. The lowest BCUT2D eigenvalue weighted by atomic mass is 10.3. The van der Waals surface area contributed by atoms with Crippen LogP contribution in [-0.2, 0) is 0 Å². The maximum atomic E-state index is 11.6. The van der Waals surface area contributed by atoms with Crippen molar-refractivity contribution in [3.05, 3.63) is 28.1 Å². The first-order chi connectivity index (χ1) is 8.00. The molecule has 0 aromatic carbocycles. The first kappa shape index (κ1) is 13.7. The third-order valence-electron chi connectivity index (χ3n) is 2.09. The van der Waals surface area contributed by atoms with Crippen LogP contribution in [0.1, 0.15) is 10.5 Å². The van der Waals surface area contributed by atoms with Gasteiger partial charge in [0.2, 0.25) is 0 Å². The lowest BCUT2D eigenvalue weighted by Gasteiger charge is -2.07. The highest BCUT2D eigenvalue weighted by molar-refractivity contribution is 8.00. The van der Waals surface area contributed by atoms with Gasteiger partial charge in [0, 0.05) is 18.4 Å². The second-order valence-electron chi connectivity index (χ2n) is 3.81. The summed E-state index contributed by atoms with van der Waals surface area (Å²) in [6.07, 6.45) is 1.23. The second kappa shape index (κ2) is 6.41. The van der Waals surface area contributed by atoms with E-state index in [-0.39, 0.29) is 11.5 Å². The maximum Gasteiger partial charge on any atom is 0.287 e. The van der Waals surface area contributed by atoms with Gasteiger partial charge in [-0.15, -0.1) is 0 Å². The first-order valence-electron chi connectivity index (χ1n) is 5.09. The molecule has 0 saturated carbocycles. The zero-order valence-electron chi connectivity index (χ0n) is 9.80. The highest BCUT2D eigenvalue weighted by Gasteiger charge is 2.14. The third-order valence-corrected chi connectivity index (χ3v) is 3.03. The topological polar surface area (TPSA) is 79.2 Å². The summed E-state index contributed by atoms with van der Waals surface area (Å²) in [5.74, 6) is 1.09. The lowest BCUT2D eigenvalue weighted by Crippen LogP contribution is -2.15. The molecule has 0 unspecified atom stereocenters. The number of Topliss-reactive ketones (excluding diaryl/α,β-unsaturated/α-hetero) is 1. The molecule has 6 nitrogen and oxygen atoms in total. The number of hydrogen-bond donors (Lipinski definition) is 1. The molecule has 0 radical (unpaired) electrons. The minimum atomic E-state index is -0.521. The van der Waals surface area contributed by atoms with Gasteiger partial charge < -0.3 is 9.88 Å². The largest absolute Gasteiger partial charge is 0.353 e. The average Bonchev–Trinajstić information content (AvgIpc) is 2.73. The van der Waals surface area contributed by atoms with Gasteiger partial charge in [-0.3, -0.25) is 14.9 Å². The van der Waals surface area contributed by atoms with E-state index in [2.05, 4.69) is 4.98 Å². The predicted molar refractivity (Wildman–Crippen MR) is 67.7 cm³/mol. The van der Waals surface area contributed by atoms with Crippen molar-refractivity contribution in [2.75, 3.05) is 32.1 Å². The Morgan fingerprint density at radius 1 is 1.59 bits per heavy atom. The normalized spacial score (nSPS) is 10.8. The number of nitrogens with zero attached hydrogens (tertiary/aromatic N) is 2. The Balaban J connectivity index is 2.39. The van der Waals surface area contributed by atoms with Crippen LogP contribution >= 0.6 is 11.8 Å². The van der Waals surface area contributed by atoms with E-state index in [0.717, 1.165) is 12.3 Å². The maximum absolute atomic E-state index is 11.6. The van der Waals surface area contributed by atoms with E-state index in [0.29, 0.717) is 11.4 Å².